The Morgan fingerprint density at radius 2 is 1.94 bits per heavy atom. The summed E-state index contributed by atoms with van der Waals surface area (Å²) in [5.41, 5.74) is 2.06. The lowest BCUT2D eigenvalue weighted by Gasteiger charge is -2.07. The van der Waals surface area contributed by atoms with Crippen molar-refractivity contribution in [3.8, 4) is 11.4 Å². The quantitative estimate of drug-likeness (QED) is 0.788. The van der Waals surface area contributed by atoms with E-state index in [-0.39, 0.29) is 0 Å². The standard InChI is InChI=1S/C13H16N2O/c1-10(2)11-8-9-15(14-11)12-6-4-5-7-13(12)16-3/h4-10H,1-3H3. The molecule has 0 aliphatic carbocycles. The van der Waals surface area contributed by atoms with Crippen LogP contribution in [0.3, 0.4) is 0 Å². The van der Waals surface area contributed by atoms with Crippen LogP contribution in [0.5, 0.6) is 5.75 Å². The van der Waals surface area contributed by atoms with Crippen molar-refractivity contribution in [3.05, 3.63) is 42.2 Å². The number of methoxy groups -OCH3 is 1. The van der Waals surface area contributed by atoms with E-state index in [1.165, 1.54) is 0 Å². The van der Waals surface area contributed by atoms with Crippen molar-refractivity contribution in [1.29, 1.82) is 0 Å². The monoisotopic (exact) mass is 216 g/mol. The molecule has 1 aromatic carbocycles. The van der Waals surface area contributed by atoms with Gasteiger partial charge in [-0.1, -0.05) is 26.0 Å². The normalized spacial score (nSPS) is 10.8. The lowest BCUT2D eigenvalue weighted by molar-refractivity contribution is 0.411. The highest BCUT2D eigenvalue weighted by atomic mass is 16.5. The van der Waals surface area contributed by atoms with Crippen LogP contribution in [0.15, 0.2) is 36.5 Å². The summed E-state index contributed by atoms with van der Waals surface area (Å²) in [5.74, 6) is 1.27. The smallest absolute Gasteiger partial charge is 0.144 e. The zero-order valence-electron chi connectivity index (χ0n) is 9.84. The Hall–Kier alpha value is -1.77. The molecule has 2 rings (SSSR count). The Balaban J connectivity index is 2.42. The third kappa shape index (κ3) is 1.94. The van der Waals surface area contributed by atoms with E-state index in [1.807, 2.05) is 41.2 Å². The Labute approximate surface area is 95.7 Å². The molecule has 0 fully saturated rings. The zero-order valence-corrected chi connectivity index (χ0v) is 9.84. The van der Waals surface area contributed by atoms with Crippen molar-refractivity contribution >= 4 is 0 Å². The van der Waals surface area contributed by atoms with Gasteiger partial charge in [-0.3, -0.25) is 0 Å². The molecule has 0 unspecified atom stereocenters. The largest absolute Gasteiger partial charge is 0.494 e. The third-order valence-corrected chi connectivity index (χ3v) is 2.53. The van der Waals surface area contributed by atoms with E-state index >= 15 is 0 Å². The highest BCUT2D eigenvalue weighted by Crippen LogP contribution is 2.22. The number of nitrogens with zero attached hydrogens (tertiary/aromatic N) is 2. The van der Waals surface area contributed by atoms with Crippen LogP contribution >= 0.6 is 0 Å². The lowest BCUT2D eigenvalue weighted by Crippen LogP contribution is -1.99. The van der Waals surface area contributed by atoms with Crippen LogP contribution in [-0.4, -0.2) is 16.9 Å². The molecule has 0 N–H and O–H groups in total. The third-order valence-electron chi connectivity index (χ3n) is 2.53. The Morgan fingerprint density at radius 1 is 1.19 bits per heavy atom. The first-order valence-electron chi connectivity index (χ1n) is 5.41. The highest BCUT2D eigenvalue weighted by molar-refractivity contribution is 5.45. The van der Waals surface area contributed by atoms with Gasteiger partial charge in [-0.05, 0) is 24.1 Å². The maximum atomic E-state index is 5.31. The second kappa shape index (κ2) is 4.39. The second-order valence-corrected chi connectivity index (χ2v) is 4.01. The predicted octanol–water partition coefficient (Wildman–Crippen LogP) is 3.00. The second-order valence-electron chi connectivity index (χ2n) is 4.01. The molecule has 3 nitrogen and oxygen atoms in total. The fraction of sp³-hybridized carbons (Fsp3) is 0.308. The molecule has 0 spiro atoms. The predicted molar refractivity (Wildman–Crippen MR) is 64.2 cm³/mol. The van der Waals surface area contributed by atoms with Gasteiger partial charge < -0.3 is 4.74 Å². The molecular weight excluding hydrogens is 200 g/mol. The molecular formula is C13H16N2O. The van der Waals surface area contributed by atoms with E-state index in [0.29, 0.717) is 5.92 Å². The van der Waals surface area contributed by atoms with Crippen LogP contribution in [-0.2, 0) is 0 Å². The number of rotatable bonds is 3. The number of para-hydroxylation sites is 2. The van der Waals surface area contributed by atoms with Crippen LogP contribution in [0.2, 0.25) is 0 Å². The van der Waals surface area contributed by atoms with E-state index < -0.39 is 0 Å². The van der Waals surface area contributed by atoms with Gasteiger partial charge >= 0.3 is 0 Å². The number of ether oxygens (including phenoxy) is 1. The summed E-state index contributed by atoms with van der Waals surface area (Å²) in [4.78, 5) is 0. The number of hydrogen-bond donors (Lipinski definition) is 0. The summed E-state index contributed by atoms with van der Waals surface area (Å²) in [6, 6.07) is 9.91. The van der Waals surface area contributed by atoms with Gasteiger partial charge in [0.05, 0.1) is 12.8 Å². The van der Waals surface area contributed by atoms with Crippen molar-refractivity contribution in [2.45, 2.75) is 19.8 Å². The van der Waals surface area contributed by atoms with Gasteiger partial charge in [0.1, 0.15) is 11.4 Å². The molecule has 0 radical (unpaired) electrons. The van der Waals surface area contributed by atoms with Crippen LogP contribution in [0.1, 0.15) is 25.5 Å². The summed E-state index contributed by atoms with van der Waals surface area (Å²) in [5, 5.41) is 4.53. The molecule has 0 bridgehead atoms. The number of hydrogen-bond acceptors (Lipinski definition) is 2. The van der Waals surface area contributed by atoms with Gasteiger partial charge in [-0.2, -0.15) is 5.10 Å². The molecule has 0 saturated carbocycles. The summed E-state index contributed by atoms with van der Waals surface area (Å²) < 4.78 is 7.16. The molecule has 1 heterocycles. The maximum Gasteiger partial charge on any atom is 0.144 e. The molecule has 0 amide bonds. The van der Waals surface area contributed by atoms with Crippen LogP contribution in [0.4, 0.5) is 0 Å². The van der Waals surface area contributed by atoms with Gasteiger partial charge in [-0.15, -0.1) is 0 Å². The van der Waals surface area contributed by atoms with E-state index in [0.717, 1.165) is 17.1 Å². The molecule has 0 aliphatic rings. The minimum atomic E-state index is 0.441. The van der Waals surface area contributed by atoms with Gasteiger partial charge in [0, 0.05) is 6.20 Å². The first-order valence-corrected chi connectivity index (χ1v) is 5.41. The topological polar surface area (TPSA) is 27.1 Å². The Kier molecular flexibility index (Phi) is 2.95. The molecule has 0 aliphatic heterocycles. The summed E-state index contributed by atoms with van der Waals surface area (Å²) in [7, 11) is 1.67. The first kappa shape index (κ1) is 10.7. The SMILES string of the molecule is COc1ccccc1-n1ccc(C(C)C)n1. The van der Waals surface area contributed by atoms with Gasteiger partial charge in [0.2, 0.25) is 0 Å². The molecule has 2 aromatic rings. The highest BCUT2D eigenvalue weighted by Gasteiger charge is 2.07. The van der Waals surface area contributed by atoms with Gasteiger partial charge in [-0.25, -0.2) is 4.68 Å². The van der Waals surface area contributed by atoms with Crippen molar-refractivity contribution in [1.82, 2.24) is 9.78 Å². The summed E-state index contributed by atoms with van der Waals surface area (Å²) in [6.45, 7) is 4.27. The first-order chi connectivity index (χ1) is 7.72. The molecule has 3 heteroatoms. The maximum absolute atomic E-state index is 5.31. The van der Waals surface area contributed by atoms with E-state index in [1.54, 1.807) is 7.11 Å². The molecule has 16 heavy (non-hydrogen) atoms. The summed E-state index contributed by atoms with van der Waals surface area (Å²) >= 11 is 0. The fourth-order valence-corrected chi connectivity index (χ4v) is 1.60. The minimum absolute atomic E-state index is 0.441. The van der Waals surface area contributed by atoms with Crippen molar-refractivity contribution in [2.75, 3.05) is 7.11 Å². The number of benzene rings is 1. The lowest BCUT2D eigenvalue weighted by atomic mass is 10.1. The fourth-order valence-electron chi connectivity index (χ4n) is 1.60. The minimum Gasteiger partial charge on any atom is -0.494 e. The Morgan fingerprint density at radius 3 is 2.56 bits per heavy atom. The van der Waals surface area contributed by atoms with E-state index in [9.17, 15) is 0 Å². The van der Waals surface area contributed by atoms with Crippen molar-refractivity contribution < 1.29 is 4.74 Å². The molecule has 1 aromatic heterocycles. The van der Waals surface area contributed by atoms with E-state index in [2.05, 4.69) is 18.9 Å². The molecule has 0 atom stereocenters. The Bertz CT molecular complexity index is 474. The van der Waals surface area contributed by atoms with Crippen LogP contribution in [0, 0.1) is 0 Å². The van der Waals surface area contributed by atoms with Crippen LogP contribution in [0.25, 0.3) is 5.69 Å². The van der Waals surface area contributed by atoms with Crippen LogP contribution < -0.4 is 4.74 Å². The average Bonchev–Trinajstić information content (AvgIpc) is 2.78. The summed E-state index contributed by atoms with van der Waals surface area (Å²) in [6.07, 6.45) is 1.97. The van der Waals surface area contributed by atoms with Crippen molar-refractivity contribution in [2.24, 2.45) is 0 Å². The van der Waals surface area contributed by atoms with Gasteiger partial charge in [0.15, 0.2) is 0 Å². The number of aromatic nitrogens is 2. The molecule has 0 saturated heterocycles. The molecule has 84 valence electrons. The van der Waals surface area contributed by atoms with Crippen molar-refractivity contribution in [3.63, 3.8) is 0 Å². The zero-order chi connectivity index (χ0) is 11.5. The average molecular weight is 216 g/mol. The van der Waals surface area contributed by atoms with Gasteiger partial charge in [0.25, 0.3) is 0 Å². The van der Waals surface area contributed by atoms with E-state index in [4.69, 9.17) is 4.74 Å².